The van der Waals surface area contributed by atoms with Crippen molar-refractivity contribution < 1.29 is 4.74 Å². The van der Waals surface area contributed by atoms with Crippen molar-refractivity contribution in [1.82, 2.24) is 9.97 Å². The van der Waals surface area contributed by atoms with Crippen molar-refractivity contribution in [3.8, 4) is 11.8 Å². The van der Waals surface area contributed by atoms with Crippen LogP contribution in [0.25, 0.3) is 11.0 Å². The summed E-state index contributed by atoms with van der Waals surface area (Å²) in [5, 5.41) is 9.21. The fourth-order valence-corrected chi connectivity index (χ4v) is 2.37. The third-order valence-corrected chi connectivity index (χ3v) is 3.46. The van der Waals surface area contributed by atoms with E-state index in [-0.39, 0.29) is 0 Å². The number of fused-ring (bicyclic) bond motifs is 1. The number of aromatic amines is 1. The van der Waals surface area contributed by atoms with Crippen molar-refractivity contribution in [2.24, 2.45) is 0 Å². The highest BCUT2D eigenvalue weighted by Gasteiger charge is 2.10. The normalized spacial score (nSPS) is 10.5. The third-order valence-electron chi connectivity index (χ3n) is 3.46. The monoisotopic (exact) mass is 277 g/mol. The van der Waals surface area contributed by atoms with Crippen molar-refractivity contribution in [2.75, 3.05) is 7.11 Å². The molecule has 21 heavy (non-hydrogen) atoms. The van der Waals surface area contributed by atoms with Crippen LogP contribution in [0.4, 0.5) is 0 Å². The second-order valence-electron chi connectivity index (χ2n) is 4.85. The van der Waals surface area contributed by atoms with Gasteiger partial charge in [-0.25, -0.2) is 4.98 Å². The lowest BCUT2D eigenvalue weighted by Gasteiger charge is -1.99. The Balaban J connectivity index is 1.89. The van der Waals surface area contributed by atoms with Crippen LogP contribution in [-0.2, 0) is 12.8 Å². The summed E-state index contributed by atoms with van der Waals surface area (Å²) < 4.78 is 5.20. The van der Waals surface area contributed by atoms with Crippen LogP contribution in [-0.4, -0.2) is 17.1 Å². The molecule has 0 saturated heterocycles. The molecule has 0 aliphatic rings. The topological polar surface area (TPSA) is 61.7 Å². The Morgan fingerprint density at radius 3 is 2.71 bits per heavy atom. The first kappa shape index (κ1) is 13.2. The van der Waals surface area contributed by atoms with Gasteiger partial charge in [0.1, 0.15) is 23.2 Å². The lowest BCUT2D eigenvalue weighted by atomic mass is 10.1. The first-order valence-electron chi connectivity index (χ1n) is 6.81. The van der Waals surface area contributed by atoms with Gasteiger partial charge < -0.3 is 9.72 Å². The smallest absolute Gasteiger partial charge is 0.122 e. The molecule has 0 saturated carbocycles. The second kappa shape index (κ2) is 5.68. The number of rotatable bonds is 4. The van der Waals surface area contributed by atoms with Crippen molar-refractivity contribution in [3.05, 3.63) is 59.4 Å². The summed E-state index contributed by atoms with van der Waals surface area (Å²) in [6.45, 7) is 0. The van der Waals surface area contributed by atoms with E-state index < -0.39 is 0 Å². The molecule has 4 heteroatoms. The maximum Gasteiger partial charge on any atom is 0.122 e. The van der Waals surface area contributed by atoms with Crippen LogP contribution in [0.5, 0.6) is 5.75 Å². The molecule has 2 aromatic carbocycles. The molecule has 0 amide bonds. The average Bonchev–Trinajstić information content (AvgIpc) is 2.95. The number of benzene rings is 2. The molecule has 0 unspecified atom stereocenters. The molecule has 0 bridgehead atoms. The van der Waals surface area contributed by atoms with Gasteiger partial charge in [-0.3, -0.25) is 0 Å². The van der Waals surface area contributed by atoms with Gasteiger partial charge in [-0.1, -0.05) is 30.3 Å². The van der Waals surface area contributed by atoms with Gasteiger partial charge >= 0.3 is 0 Å². The van der Waals surface area contributed by atoms with E-state index in [4.69, 9.17) is 4.74 Å². The maximum atomic E-state index is 9.21. The molecule has 0 spiro atoms. The molecule has 0 fully saturated rings. The number of nitriles is 1. The predicted molar refractivity (Wildman–Crippen MR) is 81.2 cm³/mol. The highest BCUT2D eigenvalue weighted by atomic mass is 16.5. The number of hydrogen-bond acceptors (Lipinski definition) is 3. The molecule has 1 aromatic heterocycles. The number of nitrogens with zero attached hydrogens (tertiary/aromatic N) is 2. The summed E-state index contributed by atoms with van der Waals surface area (Å²) in [4.78, 5) is 7.81. The second-order valence-corrected chi connectivity index (χ2v) is 4.85. The van der Waals surface area contributed by atoms with Gasteiger partial charge in [-0.15, -0.1) is 0 Å². The summed E-state index contributed by atoms with van der Waals surface area (Å²) in [6.07, 6.45) is 1.73. The van der Waals surface area contributed by atoms with E-state index in [0.29, 0.717) is 16.8 Å². The molecular formula is C17H15N3O. The first-order valence-corrected chi connectivity index (χ1v) is 6.81. The van der Waals surface area contributed by atoms with Crippen molar-refractivity contribution in [1.29, 1.82) is 5.26 Å². The standard InChI is InChI=1S/C17H15N3O/c1-21-14-9-13(11-18)17-15(10-14)19-16(20-17)8-7-12-5-3-2-4-6-12/h2-6,9-10H,7-8H2,1H3,(H,19,20). The van der Waals surface area contributed by atoms with Gasteiger partial charge in [-0.05, 0) is 12.0 Å². The Morgan fingerprint density at radius 2 is 2.00 bits per heavy atom. The number of H-pyrrole nitrogens is 1. The number of methoxy groups -OCH3 is 1. The minimum absolute atomic E-state index is 0.534. The molecule has 1 heterocycles. The SMILES string of the molecule is COc1cc(C#N)c2nc(CCc3ccccc3)[nH]c2c1. The number of imidazole rings is 1. The van der Waals surface area contributed by atoms with Gasteiger partial charge in [0, 0.05) is 18.6 Å². The van der Waals surface area contributed by atoms with Gasteiger partial charge in [0.05, 0.1) is 18.2 Å². The van der Waals surface area contributed by atoms with Gasteiger partial charge in [0.15, 0.2) is 0 Å². The molecule has 0 radical (unpaired) electrons. The molecule has 0 aliphatic heterocycles. The van der Waals surface area contributed by atoms with Crippen LogP contribution in [0, 0.1) is 11.3 Å². The van der Waals surface area contributed by atoms with E-state index in [2.05, 4.69) is 28.2 Å². The maximum absolute atomic E-state index is 9.21. The quantitative estimate of drug-likeness (QED) is 0.796. The number of nitrogens with one attached hydrogen (secondary N) is 1. The van der Waals surface area contributed by atoms with Crippen molar-refractivity contribution in [3.63, 3.8) is 0 Å². The molecule has 0 aliphatic carbocycles. The Hall–Kier alpha value is -2.80. The van der Waals surface area contributed by atoms with Crippen LogP contribution >= 0.6 is 0 Å². The molecule has 104 valence electrons. The first-order chi connectivity index (χ1) is 10.3. The number of aryl methyl sites for hydroxylation is 2. The highest BCUT2D eigenvalue weighted by molar-refractivity contribution is 5.83. The summed E-state index contributed by atoms with van der Waals surface area (Å²) in [7, 11) is 1.59. The van der Waals surface area contributed by atoms with E-state index >= 15 is 0 Å². The van der Waals surface area contributed by atoms with Crippen LogP contribution in [0.15, 0.2) is 42.5 Å². The number of hydrogen-bond donors (Lipinski definition) is 1. The molecular weight excluding hydrogens is 262 g/mol. The third kappa shape index (κ3) is 2.72. The minimum Gasteiger partial charge on any atom is -0.497 e. The molecule has 4 nitrogen and oxygen atoms in total. The van der Waals surface area contributed by atoms with E-state index in [1.54, 1.807) is 13.2 Å². The fourth-order valence-electron chi connectivity index (χ4n) is 2.37. The predicted octanol–water partition coefficient (Wildman–Crippen LogP) is 3.23. The number of ether oxygens (including phenoxy) is 1. The Morgan fingerprint density at radius 1 is 1.19 bits per heavy atom. The zero-order valence-corrected chi connectivity index (χ0v) is 11.8. The van der Waals surface area contributed by atoms with Crippen LogP contribution < -0.4 is 4.74 Å². The van der Waals surface area contributed by atoms with Crippen LogP contribution in [0.2, 0.25) is 0 Å². The van der Waals surface area contributed by atoms with Crippen molar-refractivity contribution in [2.45, 2.75) is 12.8 Å². The molecule has 3 aromatic rings. The lowest BCUT2D eigenvalue weighted by Crippen LogP contribution is -1.92. The van der Waals surface area contributed by atoms with Crippen molar-refractivity contribution >= 4 is 11.0 Å². The van der Waals surface area contributed by atoms with Gasteiger partial charge in [0.25, 0.3) is 0 Å². The van der Waals surface area contributed by atoms with E-state index in [1.807, 2.05) is 24.3 Å². The number of aromatic nitrogens is 2. The summed E-state index contributed by atoms with van der Waals surface area (Å²) >= 11 is 0. The lowest BCUT2D eigenvalue weighted by molar-refractivity contribution is 0.415. The molecule has 0 atom stereocenters. The average molecular weight is 277 g/mol. The largest absolute Gasteiger partial charge is 0.497 e. The highest BCUT2D eigenvalue weighted by Crippen LogP contribution is 2.23. The minimum atomic E-state index is 0.534. The summed E-state index contributed by atoms with van der Waals surface area (Å²) in [5.41, 5.74) is 3.36. The summed E-state index contributed by atoms with van der Waals surface area (Å²) in [6, 6.07) is 16.0. The summed E-state index contributed by atoms with van der Waals surface area (Å²) in [5.74, 6) is 1.55. The van der Waals surface area contributed by atoms with E-state index in [9.17, 15) is 5.26 Å². The fraction of sp³-hybridized carbons (Fsp3) is 0.176. The zero-order chi connectivity index (χ0) is 14.7. The van der Waals surface area contributed by atoms with Gasteiger partial charge in [-0.2, -0.15) is 5.26 Å². The molecule has 1 N–H and O–H groups in total. The Labute approximate surface area is 123 Å². The Bertz CT molecular complexity index is 800. The zero-order valence-electron chi connectivity index (χ0n) is 11.8. The van der Waals surface area contributed by atoms with E-state index in [0.717, 1.165) is 24.2 Å². The van der Waals surface area contributed by atoms with Crippen LogP contribution in [0.3, 0.4) is 0 Å². The van der Waals surface area contributed by atoms with E-state index in [1.165, 1.54) is 5.56 Å². The Kier molecular flexibility index (Phi) is 3.57. The molecule has 3 rings (SSSR count). The van der Waals surface area contributed by atoms with Crippen LogP contribution in [0.1, 0.15) is 17.0 Å². The van der Waals surface area contributed by atoms with Gasteiger partial charge in [0.2, 0.25) is 0 Å².